The van der Waals surface area contributed by atoms with Crippen molar-refractivity contribution in [3.63, 3.8) is 0 Å². The van der Waals surface area contributed by atoms with E-state index >= 15 is 0 Å². The van der Waals surface area contributed by atoms with E-state index < -0.39 is 0 Å². The number of amides is 1. The summed E-state index contributed by atoms with van der Waals surface area (Å²) < 4.78 is 14.0. The summed E-state index contributed by atoms with van der Waals surface area (Å²) in [6.07, 6.45) is 17.7. The summed E-state index contributed by atoms with van der Waals surface area (Å²) in [5.41, 5.74) is 1.83. The van der Waals surface area contributed by atoms with Crippen LogP contribution in [0.25, 0.3) is 0 Å². The Hall–Kier alpha value is -2.09. The molecule has 0 unspecified atom stereocenters. The molecule has 3 aromatic rings. The van der Waals surface area contributed by atoms with Crippen LogP contribution in [0.5, 0.6) is 11.5 Å². The fourth-order valence-electron chi connectivity index (χ4n) is 4.67. The van der Waals surface area contributed by atoms with Gasteiger partial charge in [0.15, 0.2) is 30.8 Å². The molecule has 5 nitrogen and oxygen atoms in total. The molecule has 226 valence electrons. The lowest BCUT2D eigenvalue weighted by atomic mass is 10.1. The van der Waals surface area contributed by atoms with Crippen LogP contribution in [0.1, 0.15) is 94.5 Å². The van der Waals surface area contributed by atoms with Crippen LogP contribution in [0.2, 0.25) is 5.02 Å². The van der Waals surface area contributed by atoms with E-state index in [2.05, 4.69) is 35.3 Å². The number of benzene rings is 2. The molecule has 0 bridgehead atoms. The number of hydrogen-bond acceptors (Lipinski definition) is 4. The van der Waals surface area contributed by atoms with Crippen molar-refractivity contribution in [3.8, 4) is 11.5 Å². The summed E-state index contributed by atoms with van der Waals surface area (Å²) in [6.45, 7) is 5.54. The van der Waals surface area contributed by atoms with Gasteiger partial charge in [0.25, 0.3) is 5.91 Å². The number of anilines is 1. The molecule has 0 aliphatic heterocycles. The van der Waals surface area contributed by atoms with Crippen molar-refractivity contribution in [2.45, 2.75) is 97.4 Å². The predicted molar refractivity (Wildman–Crippen MR) is 167 cm³/mol. The molecule has 0 spiro atoms. The van der Waals surface area contributed by atoms with E-state index in [1.807, 2.05) is 24.3 Å². The van der Waals surface area contributed by atoms with E-state index in [0.29, 0.717) is 29.7 Å². The highest BCUT2D eigenvalue weighted by molar-refractivity contribution is 7.09. The van der Waals surface area contributed by atoms with Crippen molar-refractivity contribution >= 4 is 34.5 Å². The minimum atomic E-state index is -0.221. The van der Waals surface area contributed by atoms with Crippen molar-refractivity contribution in [2.75, 3.05) is 18.5 Å². The second-order valence-electron chi connectivity index (χ2n) is 10.4. The number of rotatable bonds is 20. The Labute approximate surface area is 266 Å². The van der Waals surface area contributed by atoms with Crippen LogP contribution >= 0.6 is 22.9 Å². The van der Waals surface area contributed by atoms with Gasteiger partial charge in [0.05, 0.1) is 17.7 Å². The van der Waals surface area contributed by atoms with E-state index in [-0.39, 0.29) is 29.5 Å². The highest BCUT2D eigenvalue weighted by Gasteiger charge is 2.14. The van der Waals surface area contributed by atoms with Gasteiger partial charge >= 0.3 is 0 Å². The molecular formula is C33H46BrClN2O3S. The second kappa shape index (κ2) is 20.7. The number of para-hydroxylation sites is 1. The highest BCUT2D eigenvalue weighted by atomic mass is 79.9. The maximum atomic E-state index is 12.8. The van der Waals surface area contributed by atoms with Gasteiger partial charge in [0.2, 0.25) is 5.01 Å². The number of halogens is 2. The number of carbonyl (C=O) groups is 1. The number of aromatic nitrogens is 1. The Morgan fingerprint density at radius 3 is 2.20 bits per heavy atom. The molecule has 0 aliphatic carbocycles. The number of ether oxygens (including phenoxy) is 2. The smallest absolute Gasteiger partial charge is 0.262 e. The average molecular weight is 666 g/mol. The lowest BCUT2D eigenvalue weighted by Crippen LogP contribution is -3.00. The van der Waals surface area contributed by atoms with E-state index in [0.717, 1.165) is 24.1 Å². The zero-order valence-corrected chi connectivity index (χ0v) is 27.8. The lowest BCUT2D eigenvalue weighted by Gasteiger charge is -2.14. The summed E-state index contributed by atoms with van der Waals surface area (Å²) in [7, 11) is 0. The molecule has 1 N–H and O–H groups in total. The maximum Gasteiger partial charge on any atom is 0.262 e. The summed E-state index contributed by atoms with van der Waals surface area (Å²) in [4.78, 5) is 12.8. The topological polar surface area (TPSA) is 51.4 Å². The Bertz CT molecular complexity index is 1160. The fourth-order valence-corrected chi connectivity index (χ4v) is 5.50. The van der Waals surface area contributed by atoms with Gasteiger partial charge in [-0.25, -0.2) is 0 Å². The molecule has 3 rings (SSSR count). The van der Waals surface area contributed by atoms with Gasteiger partial charge in [0, 0.05) is 23.6 Å². The monoisotopic (exact) mass is 664 g/mol. The van der Waals surface area contributed by atoms with Gasteiger partial charge < -0.3 is 31.8 Å². The summed E-state index contributed by atoms with van der Waals surface area (Å²) >= 11 is 7.92. The third kappa shape index (κ3) is 13.6. The van der Waals surface area contributed by atoms with E-state index in [1.165, 1.54) is 69.2 Å². The molecule has 0 radical (unpaired) electrons. The SMILES string of the molecule is CCCCCCCCCCCCCCOc1cc(Cl)ccc1OCC(=O)Nc1ccccc1C[n+]1ccsc1C.[Br-]. The Morgan fingerprint density at radius 2 is 1.54 bits per heavy atom. The third-order valence-electron chi connectivity index (χ3n) is 7.04. The summed E-state index contributed by atoms with van der Waals surface area (Å²) in [5.74, 6) is 0.880. The van der Waals surface area contributed by atoms with Crippen LogP contribution in [-0.4, -0.2) is 19.1 Å². The molecule has 0 aliphatic rings. The Balaban J connectivity index is 0.00000588. The van der Waals surface area contributed by atoms with Crippen LogP contribution in [0.15, 0.2) is 54.0 Å². The van der Waals surface area contributed by atoms with Crippen molar-refractivity contribution < 1.29 is 35.8 Å². The van der Waals surface area contributed by atoms with Gasteiger partial charge in [-0.1, -0.05) is 119 Å². The van der Waals surface area contributed by atoms with Gasteiger partial charge in [-0.3, -0.25) is 4.79 Å². The highest BCUT2D eigenvalue weighted by Crippen LogP contribution is 2.31. The van der Waals surface area contributed by atoms with Crippen molar-refractivity contribution in [2.24, 2.45) is 0 Å². The average Bonchev–Trinajstić information content (AvgIpc) is 3.35. The molecule has 1 heterocycles. The second-order valence-corrected chi connectivity index (χ2v) is 11.9. The Kier molecular flexibility index (Phi) is 17.8. The molecule has 8 heteroatoms. The Morgan fingerprint density at radius 1 is 0.878 bits per heavy atom. The zero-order chi connectivity index (χ0) is 28.4. The van der Waals surface area contributed by atoms with Crippen LogP contribution < -0.4 is 36.3 Å². The van der Waals surface area contributed by atoms with Crippen LogP contribution in [0, 0.1) is 6.92 Å². The first-order chi connectivity index (χ1) is 19.6. The minimum Gasteiger partial charge on any atom is -1.00 e. The number of carbonyl (C=O) groups excluding carboxylic acids is 1. The first-order valence-electron chi connectivity index (χ1n) is 14.9. The molecule has 1 aromatic heterocycles. The molecular weight excluding hydrogens is 620 g/mol. The molecule has 0 atom stereocenters. The molecule has 0 fully saturated rings. The first-order valence-corrected chi connectivity index (χ1v) is 16.2. The summed E-state index contributed by atoms with van der Waals surface area (Å²) in [5, 5.41) is 6.85. The van der Waals surface area contributed by atoms with E-state index in [9.17, 15) is 4.79 Å². The van der Waals surface area contributed by atoms with Gasteiger partial charge in [0.1, 0.15) is 0 Å². The maximum absolute atomic E-state index is 12.8. The quantitative estimate of drug-likeness (QED) is 0.116. The summed E-state index contributed by atoms with van der Waals surface area (Å²) in [6, 6.07) is 13.1. The van der Waals surface area contributed by atoms with Crippen LogP contribution in [0.4, 0.5) is 5.69 Å². The normalized spacial score (nSPS) is 10.7. The van der Waals surface area contributed by atoms with Crippen LogP contribution in [0.3, 0.4) is 0 Å². The van der Waals surface area contributed by atoms with E-state index in [1.54, 1.807) is 29.5 Å². The first kappa shape index (κ1) is 35.1. The van der Waals surface area contributed by atoms with Crippen molar-refractivity contribution in [1.29, 1.82) is 0 Å². The zero-order valence-electron chi connectivity index (χ0n) is 24.6. The number of nitrogens with zero attached hydrogens (tertiary/aromatic N) is 1. The number of unbranched alkanes of at least 4 members (excludes halogenated alkanes) is 11. The minimum absolute atomic E-state index is 0. The molecule has 0 saturated carbocycles. The van der Waals surface area contributed by atoms with E-state index in [4.69, 9.17) is 21.1 Å². The standard InChI is InChI=1S/C33H45ClN2O3S.BrH/c1-3-4-5-6-7-8-9-10-11-12-13-16-22-38-32-24-29(34)19-20-31(32)39-26-33(37)35-30-18-15-14-17-28(30)25-36-21-23-40-27(36)2;/h14-15,17-21,23-24H,3-13,16,22,25-26H2,1-2H3;1H. The number of thiazole rings is 1. The lowest BCUT2D eigenvalue weighted by molar-refractivity contribution is -0.689. The largest absolute Gasteiger partial charge is 1.00 e. The predicted octanol–water partition coefficient (Wildman–Crippen LogP) is 6.15. The van der Waals surface area contributed by atoms with Gasteiger partial charge in [-0.05, 0) is 24.6 Å². The van der Waals surface area contributed by atoms with Crippen molar-refractivity contribution in [1.82, 2.24) is 0 Å². The number of nitrogens with one attached hydrogen (secondary N) is 1. The van der Waals surface area contributed by atoms with Gasteiger partial charge in [-0.2, -0.15) is 4.57 Å². The van der Waals surface area contributed by atoms with Crippen LogP contribution in [-0.2, 0) is 11.3 Å². The third-order valence-corrected chi connectivity index (χ3v) is 8.10. The fraction of sp³-hybridized carbons (Fsp3) is 0.515. The number of aryl methyl sites for hydroxylation is 1. The molecule has 0 saturated heterocycles. The molecule has 1 amide bonds. The van der Waals surface area contributed by atoms with Gasteiger partial charge in [-0.15, -0.1) is 0 Å². The molecule has 2 aromatic carbocycles. The molecule has 41 heavy (non-hydrogen) atoms. The number of hydrogen-bond donors (Lipinski definition) is 1. The van der Waals surface area contributed by atoms with Crippen molar-refractivity contribution in [3.05, 3.63) is 69.6 Å².